The summed E-state index contributed by atoms with van der Waals surface area (Å²) in [5.74, 6) is -0.630. The standard InChI is InChI=1S/C11H15NO5S2/c1-8-7-12(4-5-17-8)19(14,15)9-3-6-18-10(9)11(13)16-2/h3,6,8H,4-5,7H2,1-2H3. The van der Waals surface area contributed by atoms with Crippen molar-refractivity contribution in [3.63, 3.8) is 0 Å². The van der Waals surface area contributed by atoms with Gasteiger partial charge in [0.2, 0.25) is 10.0 Å². The highest BCUT2D eigenvalue weighted by atomic mass is 32.2. The van der Waals surface area contributed by atoms with Crippen LogP contribution in [0.2, 0.25) is 0 Å². The molecule has 0 aromatic carbocycles. The molecule has 6 nitrogen and oxygen atoms in total. The summed E-state index contributed by atoms with van der Waals surface area (Å²) in [6.07, 6.45) is -0.149. The summed E-state index contributed by atoms with van der Waals surface area (Å²) in [6, 6.07) is 1.44. The van der Waals surface area contributed by atoms with Crippen LogP contribution in [0.5, 0.6) is 0 Å². The Kier molecular flexibility index (Phi) is 4.24. The van der Waals surface area contributed by atoms with Crippen LogP contribution in [0, 0.1) is 0 Å². The van der Waals surface area contributed by atoms with Crippen molar-refractivity contribution in [2.24, 2.45) is 0 Å². The van der Waals surface area contributed by atoms with Gasteiger partial charge in [-0.1, -0.05) is 0 Å². The van der Waals surface area contributed by atoms with Gasteiger partial charge in [-0.15, -0.1) is 11.3 Å². The third kappa shape index (κ3) is 2.81. The molecule has 1 unspecified atom stereocenters. The van der Waals surface area contributed by atoms with Crippen LogP contribution in [0.3, 0.4) is 0 Å². The molecule has 1 saturated heterocycles. The second-order valence-corrected chi connectivity index (χ2v) is 6.97. The molecule has 2 heterocycles. The zero-order chi connectivity index (χ0) is 14.0. The first-order chi connectivity index (χ1) is 8.96. The molecule has 0 aliphatic carbocycles. The number of nitrogens with zero attached hydrogens (tertiary/aromatic N) is 1. The number of carbonyl (C=O) groups is 1. The van der Waals surface area contributed by atoms with E-state index in [1.165, 1.54) is 17.5 Å². The minimum absolute atomic E-state index is 0.0125. The van der Waals surface area contributed by atoms with Crippen molar-refractivity contribution in [1.29, 1.82) is 0 Å². The quantitative estimate of drug-likeness (QED) is 0.777. The van der Waals surface area contributed by atoms with Crippen molar-refractivity contribution in [2.75, 3.05) is 26.8 Å². The highest BCUT2D eigenvalue weighted by molar-refractivity contribution is 7.89. The summed E-state index contributed by atoms with van der Waals surface area (Å²) in [7, 11) is -2.44. The van der Waals surface area contributed by atoms with Crippen LogP contribution in [0.4, 0.5) is 0 Å². The SMILES string of the molecule is COC(=O)c1sccc1S(=O)(=O)N1CCOC(C)C1. The van der Waals surface area contributed by atoms with E-state index in [1.807, 2.05) is 6.92 Å². The summed E-state index contributed by atoms with van der Waals surface area (Å²) in [5.41, 5.74) is 0. The average Bonchev–Trinajstić information content (AvgIpc) is 2.87. The number of morpholine rings is 1. The monoisotopic (exact) mass is 305 g/mol. The normalized spacial score (nSPS) is 21.3. The van der Waals surface area contributed by atoms with Gasteiger partial charge in [0.25, 0.3) is 0 Å². The van der Waals surface area contributed by atoms with E-state index in [0.717, 1.165) is 11.3 Å². The maximum Gasteiger partial charge on any atom is 0.349 e. The molecule has 1 aliphatic heterocycles. The Morgan fingerprint density at radius 1 is 1.58 bits per heavy atom. The minimum Gasteiger partial charge on any atom is -0.465 e. The fourth-order valence-electron chi connectivity index (χ4n) is 1.89. The number of methoxy groups -OCH3 is 1. The highest BCUT2D eigenvalue weighted by Crippen LogP contribution is 2.27. The number of hydrogen-bond acceptors (Lipinski definition) is 6. The summed E-state index contributed by atoms with van der Waals surface area (Å²) < 4.78 is 36.3. The van der Waals surface area contributed by atoms with Crippen LogP contribution >= 0.6 is 11.3 Å². The summed E-state index contributed by atoms with van der Waals surface area (Å²) in [4.78, 5) is 11.7. The van der Waals surface area contributed by atoms with Crippen molar-refractivity contribution < 1.29 is 22.7 Å². The van der Waals surface area contributed by atoms with E-state index in [1.54, 1.807) is 5.38 Å². The van der Waals surface area contributed by atoms with Crippen molar-refractivity contribution in [3.8, 4) is 0 Å². The van der Waals surface area contributed by atoms with E-state index in [4.69, 9.17) is 4.74 Å². The number of ether oxygens (including phenoxy) is 2. The van der Waals surface area contributed by atoms with Gasteiger partial charge in [0.05, 0.1) is 19.8 Å². The fourth-order valence-corrected chi connectivity index (χ4v) is 4.69. The molecule has 0 spiro atoms. The van der Waals surface area contributed by atoms with Crippen molar-refractivity contribution in [1.82, 2.24) is 4.31 Å². The average molecular weight is 305 g/mol. The lowest BCUT2D eigenvalue weighted by Crippen LogP contribution is -2.44. The molecule has 0 radical (unpaired) electrons. The molecule has 0 amide bonds. The molecule has 1 fully saturated rings. The first-order valence-corrected chi connectivity index (χ1v) is 8.06. The molecule has 2 rings (SSSR count). The van der Waals surface area contributed by atoms with E-state index in [9.17, 15) is 13.2 Å². The number of rotatable bonds is 3. The molecule has 106 valence electrons. The van der Waals surface area contributed by atoms with Gasteiger partial charge >= 0.3 is 5.97 Å². The van der Waals surface area contributed by atoms with E-state index >= 15 is 0 Å². The maximum absolute atomic E-state index is 12.5. The molecule has 8 heteroatoms. The molecule has 1 atom stereocenters. The van der Waals surface area contributed by atoms with E-state index in [-0.39, 0.29) is 15.9 Å². The first-order valence-electron chi connectivity index (χ1n) is 5.74. The summed E-state index contributed by atoms with van der Waals surface area (Å²) >= 11 is 1.06. The van der Waals surface area contributed by atoms with Crippen molar-refractivity contribution in [2.45, 2.75) is 17.9 Å². The maximum atomic E-state index is 12.5. The van der Waals surface area contributed by atoms with Gasteiger partial charge in [-0.05, 0) is 18.4 Å². The molecule has 0 bridgehead atoms. The zero-order valence-corrected chi connectivity index (χ0v) is 12.3. The van der Waals surface area contributed by atoms with Crippen molar-refractivity contribution in [3.05, 3.63) is 16.3 Å². The topological polar surface area (TPSA) is 72.9 Å². The first kappa shape index (κ1) is 14.4. The van der Waals surface area contributed by atoms with E-state index < -0.39 is 16.0 Å². The van der Waals surface area contributed by atoms with Crippen LogP contribution in [0.25, 0.3) is 0 Å². The highest BCUT2D eigenvalue weighted by Gasteiger charge is 2.33. The number of esters is 1. The van der Waals surface area contributed by atoms with Gasteiger partial charge < -0.3 is 9.47 Å². The lowest BCUT2D eigenvalue weighted by atomic mass is 10.3. The number of sulfonamides is 1. The second-order valence-electron chi connectivity index (χ2n) is 4.15. The third-order valence-corrected chi connectivity index (χ3v) is 5.75. The van der Waals surface area contributed by atoms with Gasteiger partial charge in [-0.2, -0.15) is 4.31 Å². The summed E-state index contributed by atoms with van der Waals surface area (Å²) in [6.45, 7) is 2.76. The number of carbonyl (C=O) groups excluding carboxylic acids is 1. The van der Waals surface area contributed by atoms with Crippen molar-refractivity contribution >= 4 is 27.3 Å². The molecule has 0 N–H and O–H groups in total. The van der Waals surface area contributed by atoms with Crippen LogP contribution in [0.1, 0.15) is 16.6 Å². The van der Waals surface area contributed by atoms with Crippen LogP contribution < -0.4 is 0 Å². The summed E-state index contributed by atoms with van der Waals surface area (Å²) in [5, 5.41) is 1.57. The van der Waals surface area contributed by atoms with Gasteiger partial charge in [0.15, 0.2) is 0 Å². The largest absolute Gasteiger partial charge is 0.465 e. The smallest absolute Gasteiger partial charge is 0.349 e. The van der Waals surface area contributed by atoms with E-state index in [2.05, 4.69) is 4.74 Å². The van der Waals surface area contributed by atoms with E-state index in [0.29, 0.717) is 19.7 Å². The van der Waals surface area contributed by atoms with Gasteiger partial charge in [0, 0.05) is 13.1 Å². The van der Waals surface area contributed by atoms with Crippen LogP contribution in [-0.4, -0.2) is 51.6 Å². The Hall–Kier alpha value is -0.960. The number of thiophene rings is 1. The second kappa shape index (κ2) is 5.58. The fraction of sp³-hybridized carbons (Fsp3) is 0.545. The predicted octanol–water partition coefficient (Wildman–Crippen LogP) is 0.944. The van der Waals surface area contributed by atoms with Crippen LogP contribution in [-0.2, 0) is 19.5 Å². The third-order valence-electron chi connectivity index (χ3n) is 2.82. The molecule has 1 aromatic heterocycles. The lowest BCUT2D eigenvalue weighted by molar-refractivity contribution is 0.0102. The Labute approximate surface area is 116 Å². The van der Waals surface area contributed by atoms with Crippen LogP contribution in [0.15, 0.2) is 16.3 Å². The Morgan fingerprint density at radius 3 is 2.95 bits per heavy atom. The number of hydrogen-bond donors (Lipinski definition) is 0. The molecular weight excluding hydrogens is 290 g/mol. The zero-order valence-electron chi connectivity index (χ0n) is 10.7. The Bertz CT molecular complexity index is 565. The minimum atomic E-state index is -3.67. The Balaban J connectivity index is 2.34. The Morgan fingerprint density at radius 2 is 2.32 bits per heavy atom. The lowest BCUT2D eigenvalue weighted by Gasteiger charge is -2.30. The van der Waals surface area contributed by atoms with Gasteiger partial charge in [-0.3, -0.25) is 0 Å². The molecule has 19 heavy (non-hydrogen) atoms. The molecule has 0 saturated carbocycles. The molecule has 1 aromatic rings. The molecular formula is C11H15NO5S2. The van der Waals surface area contributed by atoms with Gasteiger partial charge in [0.1, 0.15) is 9.77 Å². The predicted molar refractivity (Wildman–Crippen MR) is 69.8 cm³/mol. The molecule has 1 aliphatic rings. The van der Waals surface area contributed by atoms with Gasteiger partial charge in [-0.25, -0.2) is 13.2 Å².